The van der Waals surface area contributed by atoms with Gasteiger partial charge in [-0.3, -0.25) is 0 Å². The Morgan fingerprint density at radius 3 is 1.68 bits per heavy atom. The lowest BCUT2D eigenvalue weighted by Crippen LogP contribution is -2.06. The molecule has 2 aliphatic rings. The largest absolute Gasteiger partial charge is 0.467 e. The molecule has 0 radical (unpaired) electrons. The first-order chi connectivity index (χ1) is 9.24. The molecule has 0 spiro atoms. The molecule has 0 aliphatic carbocycles. The molecule has 0 N–H and O–H groups in total. The summed E-state index contributed by atoms with van der Waals surface area (Å²) in [6.07, 6.45) is 1.94. The van der Waals surface area contributed by atoms with E-state index in [0.29, 0.717) is 63.0 Å². The van der Waals surface area contributed by atoms with E-state index in [1.165, 1.54) is 0 Å². The average molecular weight is 270 g/mol. The van der Waals surface area contributed by atoms with Crippen LogP contribution in [0.4, 0.5) is 0 Å². The highest BCUT2D eigenvalue weighted by atomic mass is 16.6. The van der Waals surface area contributed by atoms with Crippen molar-refractivity contribution in [2.75, 3.05) is 39.6 Å². The van der Waals surface area contributed by atoms with Gasteiger partial charge in [-0.25, -0.2) is 0 Å². The monoisotopic (exact) mass is 270 g/mol. The molecular formula is C14H22O5. The lowest BCUT2D eigenvalue weighted by molar-refractivity contribution is 0.101. The molecule has 5 nitrogen and oxygen atoms in total. The van der Waals surface area contributed by atoms with Crippen LogP contribution in [0.2, 0.25) is 0 Å². The summed E-state index contributed by atoms with van der Waals surface area (Å²) in [5.74, 6) is 1.35. The minimum absolute atomic E-state index is 0.303. The maximum absolute atomic E-state index is 5.48. The second-order valence-electron chi connectivity index (χ2n) is 4.74. The third-order valence-corrected chi connectivity index (χ3v) is 2.75. The molecular weight excluding hydrogens is 248 g/mol. The molecule has 5 heteroatoms. The van der Waals surface area contributed by atoms with Gasteiger partial charge in [0.1, 0.15) is 12.2 Å². The van der Waals surface area contributed by atoms with Crippen LogP contribution in [-0.2, 0) is 23.7 Å². The molecule has 0 bridgehead atoms. The summed E-state index contributed by atoms with van der Waals surface area (Å²) >= 11 is 0. The lowest BCUT2D eigenvalue weighted by Gasteiger charge is -2.11. The Labute approximate surface area is 114 Å². The highest BCUT2D eigenvalue weighted by Crippen LogP contribution is 2.13. The topological polar surface area (TPSA) is 52.8 Å². The minimum Gasteiger partial charge on any atom is -0.467 e. The van der Waals surface area contributed by atoms with E-state index in [4.69, 9.17) is 23.7 Å². The standard InChI is InChI=1S/C14H22O5/c1-11(3-5-15-7-13-9-17-13)19-12(2)4-6-16-8-14-10-18-14/h13-14H,1-10H2. The fraction of sp³-hybridized carbons (Fsp3) is 0.714. The first-order valence-electron chi connectivity index (χ1n) is 6.66. The van der Waals surface area contributed by atoms with E-state index >= 15 is 0 Å². The van der Waals surface area contributed by atoms with Crippen molar-refractivity contribution in [1.82, 2.24) is 0 Å². The fourth-order valence-corrected chi connectivity index (χ4v) is 1.44. The summed E-state index contributed by atoms with van der Waals surface area (Å²) in [6, 6.07) is 0. The average Bonchev–Trinajstić information content (AvgIpc) is 3.25. The predicted molar refractivity (Wildman–Crippen MR) is 69.7 cm³/mol. The van der Waals surface area contributed by atoms with Crippen LogP contribution in [0.15, 0.2) is 24.7 Å². The first kappa shape index (κ1) is 14.5. The second kappa shape index (κ2) is 7.65. The van der Waals surface area contributed by atoms with Crippen LogP contribution in [-0.4, -0.2) is 51.8 Å². The molecule has 108 valence electrons. The number of ether oxygens (including phenoxy) is 5. The van der Waals surface area contributed by atoms with E-state index in [0.717, 1.165) is 13.2 Å². The van der Waals surface area contributed by atoms with E-state index in [1.54, 1.807) is 0 Å². The molecule has 19 heavy (non-hydrogen) atoms. The Morgan fingerprint density at radius 1 is 0.895 bits per heavy atom. The molecule has 2 heterocycles. The van der Waals surface area contributed by atoms with Crippen LogP contribution >= 0.6 is 0 Å². The maximum atomic E-state index is 5.48. The molecule has 2 saturated heterocycles. The van der Waals surface area contributed by atoms with Gasteiger partial charge >= 0.3 is 0 Å². The molecule has 0 saturated carbocycles. The minimum atomic E-state index is 0.303. The molecule has 2 aliphatic heterocycles. The molecule has 0 aromatic carbocycles. The van der Waals surface area contributed by atoms with E-state index < -0.39 is 0 Å². The molecule has 2 rings (SSSR count). The van der Waals surface area contributed by atoms with Crippen LogP contribution in [0.1, 0.15) is 12.8 Å². The van der Waals surface area contributed by atoms with Gasteiger partial charge in [-0.05, 0) is 0 Å². The number of epoxide rings is 2. The summed E-state index contributed by atoms with van der Waals surface area (Å²) in [4.78, 5) is 0. The number of hydrogen-bond donors (Lipinski definition) is 0. The Balaban J connectivity index is 1.40. The Bertz CT molecular complexity index is 277. The summed E-state index contributed by atoms with van der Waals surface area (Å²) < 4.78 is 26.4. The van der Waals surface area contributed by atoms with Crippen molar-refractivity contribution >= 4 is 0 Å². The van der Waals surface area contributed by atoms with Crippen LogP contribution in [0.5, 0.6) is 0 Å². The highest BCUT2D eigenvalue weighted by molar-refractivity contribution is 4.93. The Kier molecular flexibility index (Phi) is 5.85. The van der Waals surface area contributed by atoms with E-state index in [9.17, 15) is 0 Å². The van der Waals surface area contributed by atoms with Gasteiger partial charge < -0.3 is 23.7 Å². The third-order valence-electron chi connectivity index (χ3n) is 2.75. The Morgan fingerprint density at radius 2 is 1.32 bits per heavy atom. The third kappa shape index (κ3) is 7.32. The molecule has 0 aromatic heterocycles. The molecule has 2 fully saturated rings. The van der Waals surface area contributed by atoms with E-state index in [2.05, 4.69) is 13.2 Å². The van der Waals surface area contributed by atoms with Gasteiger partial charge in [-0.2, -0.15) is 0 Å². The van der Waals surface area contributed by atoms with Gasteiger partial charge in [0.25, 0.3) is 0 Å². The summed E-state index contributed by atoms with van der Waals surface area (Å²) in [7, 11) is 0. The molecule has 2 atom stereocenters. The maximum Gasteiger partial charge on any atom is 0.104 e. The van der Waals surface area contributed by atoms with Crippen molar-refractivity contribution in [2.45, 2.75) is 25.0 Å². The van der Waals surface area contributed by atoms with Crippen LogP contribution < -0.4 is 0 Å². The zero-order chi connectivity index (χ0) is 13.5. The normalized spacial score (nSPS) is 24.0. The van der Waals surface area contributed by atoms with E-state index in [1.807, 2.05) is 0 Å². The van der Waals surface area contributed by atoms with Gasteiger partial charge in [0, 0.05) is 12.8 Å². The SMILES string of the molecule is C=C(CCOCC1CO1)OC(=C)CCOCC1CO1. The zero-order valence-corrected chi connectivity index (χ0v) is 11.3. The van der Waals surface area contributed by atoms with Crippen molar-refractivity contribution in [3.8, 4) is 0 Å². The quantitative estimate of drug-likeness (QED) is 0.306. The smallest absolute Gasteiger partial charge is 0.104 e. The zero-order valence-electron chi connectivity index (χ0n) is 11.3. The summed E-state index contributed by atoms with van der Waals surface area (Å²) in [5, 5.41) is 0. The predicted octanol–water partition coefficient (Wildman–Crippen LogP) is 1.64. The van der Waals surface area contributed by atoms with Crippen LogP contribution in [0.3, 0.4) is 0 Å². The van der Waals surface area contributed by atoms with Gasteiger partial charge in [-0.1, -0.05) is 13.2 Å². The fourth-order valence-electron chi connectivity index (χ4n) is 1.44. The first-order valence-corrected chi connectivity index (χ1v) is 6.66. The van der Waals surface area contributed by atoms with Crippen molar-refractivity contribution in [3.63, 3.8) is 0 Å². The second-order valence-corrected chi connectivity index (χ2v) is 4.74. The van der Waals surface area contributed by atoms with Crippen LogP contribution in [0, 0.1) is 0 Å². The number of hydrogen-bond acceptors (Lipinski definition) is 5. The van der Waals surface area contributed by atoms with Crippen molar-refractivity contribution < 1.29 is 23.7 Å². The molecule has 0 amide bonds. The van der Waals surface area contributed by atoms with Crippen LogP contribution in [0.25, 0.3) is 0 Å². The van der Waals surface area contributed by atoms with Crippen molar-refractivity contribution in [3.05, 3.63) is 24.7 Å². The number of rotatable bonds is 12. The van der Waals surface area contributed by atoms with Gasteiger partial charge in [0.15, 0.2) is 0 Å². The summed E-state index contributed by atoms with van der Waals surface area (Å²) in [6.45, 7) is 11.8. The van der Waals surface area contributed by atoms with Crippen molar-refractivity contribution in [2.24, 2.45) is 0 Å². The van der Waals surface area contributed by atoms with Crippen molar-refractivity contribution in [1.29, 1.82) is 0 Å². The van der Waals surface area contributed by atoms with E-state index in [-0.39, 0.29) is 0 Å². The van der Waals surface area contributed by atoms with Gasteiger partial charge in [0.2, 0.25) is 0 Å². The summed E-state index contributed by atoms with van der Waals surface area (Å²) in [5.41, 5.74) is 0. The molecule has 0 aromatic rings. The lowest BCUT2D eigenvalue weighted by atomic mass is 10.3. The molecule has 2 unspecified atom stereocenters. The highest BCUT2D eigenvalue weighted by Gasteiger charge is 2.22. The Hall–Kier alpha value is -0.880. The van der Waals surface area contributed by atoms with Gasteiger partial charge in [-0.15, -0.1) is 0 Å². The van der Waals surface area contributed by atoms with Gasteiger partial charge in [0.05, 0.1) is 51.2 Å².